The summed E-state index contributed by atoms with van der Waals surface area (Å²) >= 11 is 0. The van der Waals surface area contributed by atoms with Crippen molar-refractivity contribution >= 4 is 22.5 Å². The predicted octanol–water partition coefficient (Wildman–Crippen LogP) is 3.76. The molecule has 0 spiro atoms. The minimum absolute atomic E-state index is 0.360. The van der Waals surface area contributed by atoms with Crippen LogP contribution in [0.2, 0.25) is 0 Å². The monoisotopic (exact) mass is 438 g/mol. The van der Waals surface area contributed by atoms with Gasteiger partial charge in [-0.2, -0.15) is 0 Å². The standard InChI is InChI=1S/C23H20F2N4O3/c1-12-19(30)20(31)23(32-12)29-10-17(13-2-4-14(24)5-3-13)18-21(26-11-27-22(18)29)28-16-8-6-15(25)7-9-16/h2-12,19-20,23,30-31H,1H3,(H,26,27,28)/t12-,19-,20-,23-/m1/s1. The third-order valence-electron chi connectivity index (χ3n) is 5.62. The van der Waals surface area contributed by atoms with Crippen molar-refractivity contribution in [3.63, 3.8) is 0 Å². The summed E-state index contributed by atoms with van der Waals surface area (Å²) in [7, 11) is 0. The van der Waals surface area contributed by atoms with Gasteiger partial charge in [-0.05, 0) is 48.9 Å². The molecule has 1 aliphatic rings. The molecule has 4 aromatic rings. The maximum atomic E-state index is 13.6. The minimum Gasteiger partial charge on any atom is -0.388 e. The van der Waals surface area contributed by atoms with Gasteiger partial charge in [0.2, 0.25) is 0 Å². The minimum atomic E-state index is -1.16. The number of nitrogens with one attached hydrogen (secondary N) is 1. The van der Waals surface area contributed by atoms with Gasteiger partial charge in [0.05, 0.1) is 11.5 Å². The Bertz CT molecular complexity index is 1260. The second-order valence-corrected chi connectivity index (χ2v) is 7.72. The van der Waals surface area contributed by atoms with Crippen LogP contribution in [0, 0.1) is 11.6 Å². The van der Waals surface area contributed by atoms with Crippen molar-refractivity contribution < 1.29 is 23.7 Å². The third-order valence-corrected chi connectivity index (χ3v) is 5.62. The van der Waals surface area contributed by atoms with Crippen molar-refractivity contribution in [3.05, 3.63) is 72.7 Å². The first-order chi connectivity index (χ1) is 15.4. The first kappa shape index (κ1) is 20.5. The number of anilines is 2. The van der Waals surface area contributed by atoms with Gasteiger partial charge in [0.1, 0.15) is 41.6 Å². The second kappa shape index (κ2) is 7.94. The number of benzene rings is 2. The SMILES string of the molecule is C[C@H]1O[C@@H](n2cc(-c3ccc(F)cc3)c3c(Nc4ccc(F)cc4)ncnc32)[C@H](O)[C@@H]1O. The zero-order valence-corrected chi connectivity index (χ0v) is 17.0. The summed E-state index contributed by atoms with van der Waals surface area (Å²) in [6.07, 6.45) is -0.553. The number of ether oxygens (including phenoxy) is 1. The predicted molar refractivity (Wildman–Crippen MR) is 114 cm³/mol. The topological polar surface area (TPSA) is 92.4 Å². The van der Waals surface area contributed by atoms with E-state index in [0.717, 1.165) is 0 Å². The zero-order chi connectivity index (χ0) is 22.4. The van der Waals surface area contributed by atoms with E-state index in [0.29, 0.717) is 33.7 Å². The van der Waals surface area contributed by atoms with Crippen molar-refractivity contribution in [2.24, 2.45) is 0 Å². The molecule has 1 fully saturated rings. The van der Waals surface area contributed by atoms with Crippen LogP contribution in [-0.2, 0) is 4.74 Å². The first-order valence-electron chi connectivity index (χ1n) is 10.1. The van der Waals surface area contributed by atoms with Gasteiger partial charge in [0.15, 0.2) is 6.23 Å². The molecule has 7 nitrogen and oxygen atoms in total. The zero-order valence-electron chi connectivity index (χ0n) is 17.0. The normalized spacial score (nSPS) is 23.0. The fourth-order valence-corrected chi connectivity index (χ4v) is 3.95. The summed E-state index contributed by atoms with van der Waals surface area (Å²) in [6.45, 7) is 1.68. The fraction of sp³-hybridized carbons (Fsp3) is 0.217. The third kappa shape index (κ3) is 3.50. The Morgan fingerprint density at radius 1 is 0.938 bits per heavy atom. The largest absolute Gasteiger partial charge is 0.388 e. The number of hydrogen-bond donors (Lipinski definition) is 3. The molecule has 1 aliphatic heterocycles. The summed E-state index contributed by atoms with van der Waals surface area (Å²) < 4.78 is 34.3. The molecule has 0 saturated carbocycles. The lowest BCUT2D eigenvalue weighted by Crippen LogP contribution is -2.30. The summed E-state index contributed by atoms with van der Waals surface area (Å²) in [5, 5.41) is 24.5. The summed E-state index contributed by atoms with van der Waals surface area (Å²) in [5.41, 5.74) is 2.45. The lowest BCUT2D eigenvalue weighted by atomic mass is 10.1. The molecule has 2 aromatic carbocycles. The highest BCUT2D eigenvalue weighted by Gasteiger charge is 2.42. The van der Waals surface area contributed by atoms with Gasteiger partial charge in [-0.3, -0.25) is 0 Å². The highest BCUT2D eigenvalue weighted by molar-refractivity contribution is 6.02. The van der Waals surface area contributed by atoms with Crippen molar-refractivity contribution in [1.82, 2.24) is 14.5 Å². The van der Waals surface area contributed by atoms with Crippen LogP contribution in [0.5, 0.6) is 0 Å². The van der Waals surface area contributed by atoms with E-state index in [4.69, 9.17) is 4.74 Å². The van der Waals surface area contributed by atoms with Crippen LogP contribution in [-0.4, -0.2) is 43.1 Å². The number of halogens is 2. The van der Waals surface area contributed by atoms with Crippen LogP contribution in [0.15, 0.2) is 61.1 Å². The molecule has 5 rings (SSSR count). The summed E-state index contributed by atoms with van der Waals surface area (Å²) in [6, 6.07) is 11.8. The highest BCUT2D eigenvalue weighted by Crippen LogP contribution is 2.39. The van der Waals surface area contributed by atoms with Crippen molar-refractivity contribution in [2.75, 3.05) is 5.32 Å². The van der Waals surface area contributed by atoms with E-state index in [-0.39, 0.29) is 11.6 Å². The number of aromatic nitrogens is 3. The number of rotatable bonds is 4. The average molecular weight is 438 g/mol. The van der Waals surface area contributed by atoms with Gasteiger partial charge in [0, 0.05) is 17.4 Å². The Morgan fingerprint density at radius 3 is 2.22 bits per heavy atom. The van der Waals surface area contributed by atoms with Crippen LogP contribution in [0.4, 0.5) is 20.3 Å². The van der Waals surface area contributed by atoms with Crippen LogP contribution >= 0.6 is 0 Å². The van der Waals surface area contributed by atoms with Gasteiger partial charge in [0.25, 0.3) is 0 Å². The molecule has 9 heteroatoms. The lowest BCUT2D eigenvalue weighted by Gasteiger charge is -2.17. The smallest absolute Gasteiger partial charge is 0.164 e. The van der Waals surface area contributed by atoms with E-state index in [2.05, 4.69) is 15.3 Å². The molecular weight excluding hydrogens is 418 g/mol. The molecule has 0 unspecified atom stereocenters. The fourth-order valence-electron chi connectivity index (χ4n) is 3.95. The molecule has 0 amide bonds. The van der Waals surface area contributed by atoms with Crippen molar-refractivity contribution in [1.29, 1.82) is 0 Å². The van der Waals surface area contributed by atoms with Crippen molar-refractivity contribution in [2.45, 2.75) is 31.5 Å². The molecule has 0 aliphatic carbocycles. The summed E-state index contributed by atoms with van der Waals surface area (Å²) in [5.74, 6) is -0.285. The quantitative estimate of drug-likeness (QED) is 0.449. The second-order valence-electron chi connectivity index (χ2n) is 7.72. The molecule has 1 saturated heterocycles. The van der Waals surface area contributed by atoms with Crippen molar-refractivity contribution in [3.8, 4) is 11.1 Å². The molecule has 32 heavy (non-hydrogen) atoms. The van der Waals surface area contributed by atoms with Crippen LogP contribution in [0.1, 0.15) is 13.2 Å². The molecule has 0 radical (unpaired) electrons. The Labute approximate surface area is 181 Å². The highest BCUT2D eigenvalue weighted by atomic mass is 19.1. The Morgan fingerprint density at radius 2 is 1.59 bits per heavy atom. The molecule has 4 atom stereocenters. The number of fused-ring (bicyclic) bond motifs is 1. The molecular formula is C23H20F2N4O3. The van der Waals surface area contributed by atoms with Crippen LogP contribution in [0.3, 0.4) is 0 Å². The van der Waals surface area contributed by atoms with Gasteiger partial charge in [-0.25, -0.2) is 18.7 Å². The van der Waals surface area contributed by atoms with Gasteiger partial charge in [-0.15, -0.1) is 0 Å². The number of aliphatic hydroxyl groups excluding tert-OH is 2. The van der Waals surface area contributed by atoms with E-state index >= 15 is 0 Å². The molecule has 0 bridgehead atoms. The Hall–Kier alpha value is -3.40. The number of nitrogens with zero attached hydrogens (tertiary/aromatic N) is 3. The van der Waals surface area contributed by atoms with E-state index in [1.807, 2.05) is 0 Å². The van der Waals surface area contributed by atoms with E-state index in [9.17, 15) is 19.0 Å². The van der Waals surface area contributed by atoms with Gasteiger partial charge in [-0.1, -0.05) is 12.1 Å². The molecule has 3 N–H and O–H groups in total. The first-order valence-corrected chi connectivity index (χ1v) is 10.1. The maximum absolute atomic E-state index is 13.6. The Balaban J connectivity index is 1.69. The molecule has 164 valence electrons. The van der Waals surface area contributed by atoms with Crippen LogP contribution in [0.25, 0.3) is 22.2 Å². The lowest BCUT2D eigenvalue weighted by molar-refractivity contribution is -0.0295. The Kier molecular flexibility index (Phi) is 5.09. The van der Waals surface area contributed by atoms with E-state index in [1.165, 1.54) is 30.6 Å². The maximum Gasteiger partial charge on any atom is 0.164 e. The van der Waals surface area contributed by atoms with Gasteiger partial charge < -0.3 is 24.8 Å². The molecule has 3 heterocycles. The summed E-state index contributed by atoms with van der Waals surface area (Å²) in [4.78, 5) is 8.76. The average Bonchev–Trinajstić information content (AvgIpc) is 3.29. The van der Waals surface area contributed by atoms with Crippen LogP contribution < -0.4 is 5.32 Å². The number of aliphatic hydroxyl groups is 2. The van der Waals surface area contributed by atoms with E-state index in [1.54, 1.807) is 42.0 Å². The number of hydrogen-bond acceptors (Lipinski definition) is 6. The van der Waals surface area contributed by atoms with Gasteiger partial charge >= 0.3 is 0 Å². The van der Waals surface area contributed by atoms with E-state index < -0.39 is 24.5 Å². The molecule has 2 aromatic heterocycles.